The van der Waals surface area contributed by atoms with Gasteiger partial charge in [0.1, 0.15) is 43.5 Å². The number of carbonyl (C=O) groups is 9. The number of hydrogen-bond donors (Lipinski definition) is 7. The van der Waals surface area contributed by atoms with Crippen LogP contribution in [0.5, 0.6) is 0 Å². The standard InChI is InChI=1S/C36H52N6O15/c1-17(2)13-24(33(50)41-28(18(3)43)32(37)49)39-27(48)14-25(40-36(52)54-15-23-11-9-8-10-12-23)34(51)42-35-29(38-19(4)44)31(56-22(7)47)30(55-21(6)46)26(57-35)16-53-20(5)45/h8-12,17-18,24-26,28-31,35,43H,13-16H2,1-7H3,(H2,37,49)(H,38,44)(H,39,48)(H,40,52)(H,41,50)(H,42,51)/t18-,24+,25+,26-,28+,29-,30-,31-,35-/m1/s1. The van der Waals surface area contributed by atoms with Crippen LogP contribution in [0.25, 0.3) is 0 Å². The van der Waals surface area contributed by atoms with Gasteiger partial charge in [0.2, 0.25) is 29.5 Å². The summed E-state index contributed by atoms with van der Waals surface area (Å²) >= 11 is 0. The third-order valence-electron chi connectivity index (χ3n) is 8.06. The largest absolute Gasteiger partial charge is 0.463 e. The molecule has 0 aromatic heterocycles. The van der Waals surface area contributed by atoms with Crippen LogP contribution in [0, 0.1) is 5.92 Å². The normalized spacial score (nSPS) is 20.9. The lowest BCUT2D eigenvalue weighted by atomic mass is 9.94. The maximum Gasteiger partial charge on any atom is 0.408 e. The van der Waals surface area contributed by atoms with Gasteiger partial charge in [0.15, 0.2) is 18.4 Å². The van der Waals surface area contributed by atoms with E-state index >= 15 is 0 Å². The summed E-state index contributed by atoms with van der Waals surface area (Å²) in [5.74, 6) is -7.38. The van der Waals surface area contributed by atoms with Crippen molar-refractivity contribution in [1.82, 2.24) is 26.6 Å². The molecule has 0 saturated carbocycles. The van der Waals surface area contributed by atoms with E-state index in [1.807, 2.05) is 0 Å². The molecule has 0 bridgehead atoms. The van der Waals surface area contributed by atoms with E-state index in [1.165, 1.54) is 6.92 Å². The highest BCUT2D eigenvalue weighted by molar-refractivity contribution is 5.94. The van der Waals surface area contributed by atoms with E-state index in [0.717, 1.165) is 27.7 Å². The van der Waals surface area contributed by atoms with Gasteiger partial charge in [-0.2, -0.15) is 0 Å². The molecule has 2 rings (SSSR count). The van der Waals surface area contributed by atoms with Crippen molar-refractivity contribution in [2.45, 2.75) is 123 Å². The number of aliphatic hydroxyl groups excluding tert-OH is 1. The first-order valence-electron chi connectivity index (χ1n) is 17.9. The second-order valence-electron chi connectivity index (χ2n) is 13.6. The van der Waals surface area contributed by atoms with E-state index in [4.69, 9.17) is 29.4 Å². The number of rotatable bonds is 19. The van der Waals surface area contributed by atoms with Crippen molar-refractivity contribution in [1.29, 1.82) is 0 Å². The third-order valence-corrected chi connectivity index (χ3v) is 8.06. The topological polar surface area (TPSA) is 306 Å². The molecule has 1 saturated heterocycles. The Kier molecular flexibility index (Phi) is 18.8. The Balaban J connectivity index is 2.50. The summed E-state index contributed by atoms with van der Waals surface area (Å²) in [5, 5.41) is 22.0. The van der Waals surface area contributed by atoms with Crippen LogP contribution in [0.15, 0.2) is 30.3 Å². The number of ether oxygens (including phenoxy) is 5. The molecule has 8 N–H and O–H groups in total. The molecular weight excluding hydrogens is 756 g/mol. The highest BCUT2D eigenvalue weighted by Gasteiger charge is 2.51. The smallest absolute Gasteiger partial charge is 0.408 e. The van der Waals surface area contributed by atoms with Crippen molar-refractivity contribution in [3.05, 3.63) is 35.9 Å². The number of nitrogens with two attached hydrogens (primary N) is 1. The fourth-order valence-electron chi connectivity index (χ4n) is 5.64. The Labute approximate surface area is 328 Å². The molecule has 0 radical (unpaired) electrons. The molecule has 1 aromatic rings. The molecule has 1 aromatic carbocycles. The number of aliphatic hydroxyl groups is 1. The summed E-state index contributed by atoms with van der Waals surface area (Å²) in [6.07, 6.45) is -9.39. The van der Waals surface area contributed by atoms with Gasteiger partial charge >= 0.3 is 24.0 Å². The Morgan fingerprint density at radius 3 is 1.91 bits per heavy atom. The molecular formula is C36H52N6O15. The number of alkyl carbamates (subject to hydrolysis) is 1. The van der Waals surface area contributed by atoms with Crippen LogP contribution in [0.4, 0.5) is 4.79 Å². The lowest BCUT2D eigenvalue weighted by molar-refractivity contribution is -0.228. The van der Waals surface area contributed by atoms with Gasteiger partial charge < -0.3 is 61.1 Å². The van der Waals surface area contributed by atoms with Gasteiger partial charge in [-0.3, -0.25) is 38.4 Å². The summed E-state index contributed by atoms with van der Waals surface area (Å²) in [5.41, 5.74) is 5.90. The van der Waals surface area contributed by atoms with Gasteiger partial charge in [-0.25, -0.2) is 4.79 Å². The molecule has 6 amide bonds. The van der Waals surface area contributed by atoms with Crippen LogP contribution in [0.3, 0.4) is 0 Å². The van der Waals surface area contributed by atoms with Crippen molar-refractivity contribution in [3.63, 3.8) is 0 Å². The second-order valence-corrected chi connectivity index (χ2v) is 13.6. The van der Waals surface area contributed by atoms with Crippen LogP contribution in [0.2, 0.25) is 0 Å². The number of primary amides is 1. The Morgan fingerprint density at radius 1 is 0.772 bits per heavy atom. The molecule has 21 heteroatoms. The van der Waals surface area contributed by atoms with Crippen LogP contribution in [-0.4, -0.2) is 120 Å². The fourth-order valence-corrected chi connectivity index (χ4v) is 5.64. The zero-order valence-electron chi connectivity index (χ0n) is 32.7. The summed E-state index contributed by atoms with van der Waals surface area (Å²) in [7, 11) is 0. The quantitative estimate of drug-likeness (QED) is 0.0607. The van der Waals surface area contributed by atoms with Crippen molar-refractivity contribution in [3.8, 4) is 0 Å². The van der Waals surface area contributed by atoms with E-state index in [9.17, 15) is 48.3 Å². The van der Waals surface area contributed by atoms with Crippen LogP contribution in [-0.2, 0) is 68.6 Å². The number of benzene rings is 1. The highest BCUT2D eigenvalue weighted by atomic mass is 16.6. The second kappa shape index (κ2) is 22.7. The molecule has 1 aliphatic rings. The minimum absolute atomic E-state index is 0.0331. The van der Waals surface area contributed by atoms with Crippen LogP contribution < -0.4 is 32.3 Å². The molecule has 0 unspecified atom stereocenters. The average molecular weight is 809 g/mol. The van der Waals surface area contributed by atoms with E-state index in [0.29, 0.717) is 5.56 Å². The van der Waals surface area contributed by atoms with Crippen molar-refractivity contribution in [2.24, 2.45) is 11.7 Å². The average Bonchev–Trinajstić information content (AvgIpc) is 3.10. The SMILES string of the molecule is CC(=O)N[C@@H]1[C@@H](OC(C)=O)[C@H](OC(C)=O)[C@@H](COC(C)=O)O[C@H]1NC(=O)[C@H](CC(=O)N[C@@H](CC(C)C)C(=O)N[C@H](C(N)=O)[C@@H](C)O)NC(=O)OCc1ccccc1. The fraction of sp³-hybridized carbons (Fsp3) is 0.583. The molecule has 21 nitrogen and oxygen atoms in total. The first-order valence-corrected chi connectivity index (χ1v) is 17.9. The zero-order valence-corrected chi connectivity index (χ0v) is 32.7. The zero-order chi connectivity index (χ0) is 43.0. The predicted octanol–water partition coefficient (Wildman–Crippen LogP) is -1.67. The first-order chi connectivity index (χ1) is 26.7. The molecule has 1 aliphatic heterocycles. The molecule has 0 aliphatic carbocycles. The minimum Gasteiger partial charge on any atom is -0.463 e. The van der Waals surface area contributed by atoms with E-state index in [2.05, 4.69) is 26.6 Å². The number of carbonyl (C=O) groups excluding carboxylic acids is 9. The number of nitrogens with one attached hydrogen (secondary N) is 5. The lowest BCUT2D eigenvalue weighted by Gasteiger charge is -2.45. The molecule has 57 heavy (non-hydrogen) atoms. The minimum atomic E-state index is -1.78. The van der Waals surface area contributed by atoms with Gasteiger partial charge in [-0.1, -0.05) is 44.2 Å². The Hall–Kier alpha value is -5.83. The number of esters is 3. The van der Waals surface area contributed by atoms with Crippen molar-refractivity contribution < 1.29 is 71.9 Å². The summed E-state index contributed by atoms with van der Waals surface area (Å²) in [4.78, 5) is 114. The van der Waals surface area contributed by atoms with E-state index in [-0.39, 0.29) is 18.9 Å². The van der Waals surface area contributed by atoms with Crippen LogP contribution in [0.1, 0.15) is 66.9 Å². The third kappa shape index (κ3) is 16.4. The van der Waals surface area contributed by atoms with E-state index in [1.54, 1.807) is 44.2 Å². The summed E-state index contributed by atoms with van der Waals surface area (Å²) in [6.45, 7) is 8.17. The van der Waals surface area contributed by atoms with Gasteiger partial charge in [0.05, 0.1) is 12.5 Å². The maximum atomic E-state index is 14.1. The van der Waals surface area contributed by atoms with Gasteiger partial charge in [-0.15, -0.1) is 0 Å². The maximum absolute atomic E-state index is 14.1. The molecule has 1 heterocycles. The molecule has 9 atom stereocenters. The van der Waals surface area contributed by atoms with Gasteiger partial charge in [-0.05, 0) is 24.8 Å². The Bertz CT molecular complexity index is 1610. The lowest BCUT2D eigenvalue weighted by Crippen LogP contribution is -2.70. The monoisotopic (exact) mass is 808 g/mol. The van der Waals surface area contributed by atoms with Gasteiger partial charge in [0.25, 0.3) is 0 Å². The summed E-state index contributed by atoms with van der Waals surface area (Å²) < 4.78 is 27.1. The number of amides is 6. The number of hydrogen-bond acceptors (Lipinski definition) is 15. The predicted molar refractivity (Wildman–Crippen MR) is 195 cm³/mol. The molecule has 0 spiro atoms. The highest BCUT2D eigenvalue weighted by Crippen LogP contribution is 2.26. The molecule has 1 fully saturated rings. The van der Waals surface area contributed by atoms with Crippen LogP contribution >= 0.6 is 0 Å². The van der Waals surface area contributed by atoms with Crippen molar-refractivity contribution in [2.75, 3.05) is 6.61 Å². The molecule has 316 valence electrons. The Morgan fingerprint density at radius 2 is 1.39 bits per heavy atom. The first kappa shape index (κ1) is 47.3. The van der Waals surface area contributed by atoms with Gasteiger partial charge in [0, 0.05) is 27.7 Å². The summed E-state index contributed by atoms with van der Waals surface area (Å²) in [6, 6.07) is 2.44. The van der Waals surface area contributed by atoms with E-state index < -0.39 is 121 Å². The van der Waals surface area contributed by atoms with Crippen molar-refractivity contribution >= 4 is 53.5 Å².